The van der Waals surface area contributed by atoms with Crippen molar-refractivity contribution in [3.63, 3.8) is 0 Å². The summed E-state index contributed by atoms with van der Waals surface area (Å²) in [6.07, 6.45) is 1.96. The van der Waals surface area contributed by atoms with Crippen LogP contribution in [0.4, 0.5) is 0 Å². The van der Waals surface area contributed by atoms with Crippen LogP contribution in [0.2, 0.25) is 0 Å². The minimum absolute atomic E-state index is 0.227. The molecule has 0 fully saturated rings. The number of rotatable bonds is 6. The zero-order valence-corrected chi connectivity index (χ0v) is 11.6. The van der Waals surface area contributed by atoms with Gasteiger partial charge in [0.25, 0.3) is 0 Å². The molecular weight excluding hydrogens is 274 g/mol. The summed E-state index contributed by atoms with van der Waals surface area (Å²) in [5, 5.41) is 2.09. The Hall–Kier alpha value is 0.100. The van der Waals surface area contributed by atoms with Crippen molar-refractivity contribution < 1.29 is 4.74 Å². The molecular formula is C11H18BrNOS. The minimum atomic E-state index is 0.227. The van der Waals surface area contributed by atoms with E-state index in [9.17, 15) is 0 Å². The van der Waals surface area contributed by atoms with Crippen molar-refractivity contribution in [1.29, 1.82) is 0 Å². The second kappa shape index (κ2) is 6.63. The first-order chi connectivity index (χ1) is 7.13. The van der Waals surface area contributed by atoms with Gasteiger partial charge in [-0.3, -0.25) is 0 Å². The number of methoxy groups -OCH3 is 1. The molecule has 0 aliphatic rings. The van der Waals surface area contributed by atoms with E-state index in [0.717, 1.165) is 19.4 Å². The lowest BCUT2D eigenvalue weighted by atomic mass is 10.0. The van der Waals surface area contributed by atoms with Gasteiger partial charge in [-0.1, -0.05) is 6.92 Å². The summed E-state index contributed by atoms with van der Waals surface area (Å²) in [4.78, 5) is 1.34. The third kappa shape index (κ3) is 4.64. The molecule has 1 heterocycles. The van der Waals surface area contributed by atoms with Gasteiger partial charge in [0.15, 0.2) is 0 Å². The average molecular weight is 292 g/mol. The summed E-state index contributed by atoms with van der Waals surface area (Å²) >= 11 is 5.28. The molecule has 0 amide bonds. The van der Waals surface area contributed by atoms with Gasteiger partial charge >= 0.3 is 0 Å². The lowest BCUT2D eigenvalue weighted by Crippen LogP contribution is -2.26. The molecule has 4 heteroatoms. The zero-order chi connectivity index (χ0) is 11.3. The first-order valence-corrected chi connectivity index (χ1v) is 6.77. The Kier molecular flexibility index (Phi) is 5.82. The summed E-state index contributed by atoms with van der Waals surface area (Å²) in [7, 11) is 1.73. The molecule has 2 unspecified atom stereocenters. The van der Waals surface area contributed by atoms with Crippen LogP contribution < -0.4 is 5.73 Å². The Morgan fingerprint density at radius 2 is 2.33 bits per heavy atom. The van der Waals surface area contributed by atoms with E-state index in [2.05, 4.69) is 34.3 Å². The van der Waals surface area contributed by atoms with Crippen LogP contribution in [0.15, 0.2) is 15.9 Å². The van der Waals surface area contributed by atoms with E-state index in [-0.39, 0.29) is 6.04 Å². The molecule has 0 aliphatic carbocycles. The normalized spacial score (nSPS) is 15.2. The van der Waals surface area contributed by atoms with E-state index in [1.165, 1.54) is 9.35 Å². The molecule has 1 aromatic heterocycles. The topological polar surface area (TPSA) is 35.2 Å². The maximum atomic E-state index is 6.10. The molecule has 86 valence electrons. The number of hydrogen-bond acceptors (Lipinski definition) is 3. The summed E-state index contributed by atoms with van der Waals surface area (Å²) in [6, 6.07) is 2.30. The predicted molar refractivity (Wildman–Crippen MR) is 69.4 cm³/mol. The molecule has 0 spiro atoms. The van der Waals surface area contributed by atoms with E-state index < -0.39 is 0 Å². The molecule has 0 bridgehead atoms. The Balaban J connectivity index is 2.36. The van der Waals surface area contributed by atoms with E-state index in [1.54, 1.807) is 18.4 Å². The van der Waals surface area contributed by atoms with E-state index in [4.69, 9.17) is 10.5 Å². The summed E-state index contributed by atoms with van der Waals surface area (Å²) < 4.78 is 6.28. The summed E-state index contributed by atoms with van der Waals surface area (Å²) in [5.74, 6) is 0.531. The van der Waals surface area contributed by atoms with Gasteiger partial charge in [0.1, 0.15) is 0 Å². The molecule has 0 aromatic carbocycles. The van der Waals surface area contributed by atoms with Crippen molar-refractivity contribution in [2.45, 2.75) is 25.8 Å². The Bertz CT molecular complexity index is 290. The second-order valence-corrected chi connectivity index (χ2v) is 5.81. The molecule has 2 N–H and O–H groups in total. The number of thiophene rings is 1. The van der Waals surface area contributed by atoms with Gasteiger partial charge in [0.05, 0.1) is 0 Å². The molecule has 0 saturated carbocycles. The fraction of sp³-hybridized carbons (Fsp3) is 0.636. The second-order valence-electron chi connectivity index (χ2n) is 3.95. The van der Waals surface area contributed by atoms with Crippen LogP contribution in [0.5, 0.6) is 0 Å². The predicted octanol–water partition coefficient (Wildman–Crippen LogP) is 3.05. The van der Waals surface area contributed by atoms with Crippen molar-refractivity contribution >= 4 is 27.3 Å². The fourth-order valence-electron chi connectivity index (χ4n) is 1.66. The number of ether oxygens (including phenoxy) is 1. The summed E-state index contributed by atoms with van der Waals surface area (Å²) in [5.41, 5.74) is 6.10. The highest BCUT2D eigenvalue weighted by Crippen LogP contribution is 2.24. The number of halogens is 1. The maximum Gasteiger partial charge on any atom is 0.0488 e. The molecule has 0 radical (unpaired) electrons. The van der Waals surface area contributed by atoms with Crippen molar-refractivity contribution in [1.82, 2.24) is 0 Å². The zero-order valence-electron chi connectivity index (χ0n) is 9.20. The van der Waals surface area contributed by atoms with Crippen molar-refractivity contribution in [2.75, 3.05) is 13.7 Å². The summed E-state index contributed by atoms with van der Waals surface area (Å²) in [6.45, 7) is 2.96. The van der Waals surface area contributed by atoms with Crippen molar-refractivity contribution in [3.05, 3.63) is 20.8 Å². The first kappa shape index (κ1) is 13.2. The third-order valence-electron chi connectivity index (χ3n) is 2.29. The molecule has 0 saturated heterocycles. The molecule has 1 rings (SSSR count). The highest BCUT2D eigenvalue weighted by molar-refractivity contribution is 9.10. The highest BCUT2D eigenvalue weighted by atomic mass is 79.9. The number of hydrogen-bond donors (Lipinski definition) is 1. The fourth-order valence-corrected chi connectivity index (χ4v) is 3.27. The van der Waals surface area contributed by atoms with E-state index in [0.29, 0.717) is 5.92 Å². The van der Waals surface area contributed by atoms with Gasteiger partial charge in [-0.15, -0.1) is 11.3 Å². The van der Waals surface area contributed by atoms with E-state index >= 15 is 0 Å². The lowest BCUT2D eigenvalue weighted by Gasteiger charge is -2.16. The SMILES string of the molecule is COCC(C)CC(N)Cc1sccc1Br. The highest BCUT2D eigenvalue weighted by Gasteiger charge is 2.12. The number of nitrogens with two attached hydrogens (primary N) is 1. The smallest absolute Gasteiger partial charge is 0.0488 e. The van der Waals surface area contributed by atoms with Crippen LogP contribution in [-0.4, -0.2) is 19.8 Å². The van der Waals surface area contributed by atoms with Crippen LogP contribution in [0.1, 0.15) is 18.2 Å². The van der Waals surface area contributed by atoms with Crippen LogP contribution >= 0.6 is 27.3 Å². The lowest BCUT2D eigenvalue weighted by molar-refractivity contribution is 0.152. The maximum absolute atomic E-state index is 6.10. The molecule has 1 aromatic rings. The van der Waals surface area contributed by atoms with E-state index in [1.807, 2.05) is 0 Å². The van der Waals surface area contributed by atoms with Crippen LogP contribution in [0.25, 0.3) is 0 Å². The van der Waals surface area contributed by atoms with Crippen molar-refractivity contribution in [2.24, 2.45) is 11.7 Å². The molecule has 2 atom stereocenters. The Morgan fingerprint density at radius 1 is 1.60 bits per heavy atom. The van der Waals surface area contributed by atoms with Gasteiger partial charge in [0, 0.05) is 29.1 Å². The third-order valence-corrected chi connectivity index (χ3v) is 4.24. The molecule has 0 aliphatic heterocycles. The van der Waals surface area contributed by atoms with Crippen LogP contribution in [0.3, 0.4) is 0 Å². The van der Waals surface area contributed by atoms with Crippen molar-refractivity contribution in [3.8, 4) is 0 Å². The Morgan fingerprint density at radius 3 is 2.87 bits per heavy atom. The van der Waals surface area contributed by atoms with Gasteiger partial charge in [-0.2, -0.15) is 0 Å². The molecule has 2 nitrogen and oxygen atoms in total. The van der Waals surface area contributed by atoms with Gasteiger partial charge < -0.3 is 10.5 Å². The quantitative estimate of drug-likeness (QED) is 0.874. The van der Waals surface area contributed by atoms with Crippen LogP contribution in [-0.2, 0) is 11.2 Å². The first-order valence-electron chi connectivity index (χ1n) is 5.09. The minimum Gasteiger partial charge on any atom is -0.384 e. The van der Waals surface area contributed by atoms with Crippen LogP contribution in [0, 0.1) is 5.92 Å². The van der Waals surface area contributed by atoms with Gasteiger partial charge in [-0.25, -0.2) is 0 Å². The monoisotopic (exact) mass is 291 g/mol. The molecule has 15 heavy (non-hydrogen) atoms. The largest absolute Gasteiger partial charge is 0.384 e. The van der Waals surface area contributed by atoms with Gasteiger partial charge in [-0.05, 0) is 46.1 Å². The average Bonchev–Trinajstić information content (AvgIpc) is 2.52. The van der Waals surface area contributed by atoms with Gasteiger partial charge in [0.2, 0.25) is 0 Å². The Labute approximate surface area is 104 Å². The standard InChI is InChI=1S/C11H18BrNOS/c1-8(7-14-2)5-9(13)6-11-10(12)3-4-15-11/h3-4,8-9H,5-7,13H2,1-2H3.